The summed E-state index contributed by atoms with van der Waals surface area (Å²) in [7, 11) is 0. The summed E-state index contributed by atoms with van der Waals surface area (Å²) in [6.45, 7) is 12.5. The zero-order valence-electron chi connectivity index (χ0n) is 12.4. The Hall–Kier alpha value is -1.07. The SMILES string of the molecule is CCNCCNC(=O)c1cnn(C(C)(C)C)c1C.Cl. The molecule has 1 rings (SSSR count). The van der Waals surface area contributed by atoms with Gasteiger partial charge in [0.25, 0.3) is 5.91 Å². The minimum Gasteiger partial charge on any atom is -0.351 e. The molecule has 0 aliphatic carbocycles. The minimum atomic E-state index is -0.105. The molecule has 6 heteroatoms. The van der Waals surface area contributed by atoms with E-state index in [1.807, 2.05) is 18.5 Å². The fourth-order valence-corrected chi connectivity index (χ4v) is 1.85. The van der Waals surface area contributed by atoms with E-state index in [-0.39, 0.29) is 23.9 Å². The Balaban J connectivity index is 0.00000324. The third kappa shape index (κ3) is 4.84. The van der Waals surface area contributed by atoms with Crippen molar-refractivity contribution in [2.45, 2.75) is 40.2 Å². The molecule has 0 spiro atoms. The Bertz CT molecular complexity index is 409. The summed E-state index contributed by atoms with van der Waals surface area (Å²) in [4.78, 5) is 12.0. The zero-order chi connectivity index (χ0) is 13.8. The summed E-state index contributed by atoms with van der Waals surface area (Å²) in [5.74, 6) is -0.0547. The van der Waals surface area contributed by atoms with E-state index in [0.29, 0.717) is 12.1 Å². The number of nitrogens with zero attached hydrogens (tertiary/aromatic N) is 2. The molecule has 19 heavy (non-hydrogen) atoms. The van der Waals surface area contributed by atoms with Crippen molar-refractivity contribution in [2.24, 2.45) is 0 Å². The van der Waals surface area contributed by atoms with Gasteiger partial charge in [-0.25, -0.2) is 0 Å². The molecular formula is C13H25ClN4O. The molecule has 2 N–H and O–H groups in total. The van der Waals surface area contributed by atoms with Crippen molar-refractivity contribution in [3.8, 4) is 0 Å². The Labute approximate surface area is 121 Å². The maximum Gasteiger partial charge on any atom is 0.254 e. The summed E-state index contributed by atoms with van der Waals surface area (Å²) >= 11 is 0. The third-order valence-corrected chi connectivity index (χ3v) is 2.73. The van der Waals surface area contributed by atoms with Crippen LogP contribution in [-0.2, 0) is 5.54 Å². The van der Waals surface area contributed by atoms with Gasteiger partial charge in [-0.2, -0.15) is 5.10 Å². The van der Waals surface area contributed by atoms with Gasteiger partial charge in [-0.1, -0.05) is 6.92 Å². The number of rotatable bonds is 5. The molecule has 0 saturated heterocycles. The number of hydrogen-bond donors (Lipinski definition) is 2. The second kappa shape index (κ2) is 7.50. The van der Waals surface area contributed by atoms with Gasteiger partial charge in [0.1, 0.15) is 0 Å². The molecule has 0 unspecified atom stereocenters. The average Bonchev–Trinajstić information content (AvgIpc) is 2.66. The standard InChI is InChI=1S/C13H24N4O.ClH/c1-6-14-7-8-15-12(18)11-9-16-17(10(11)2)13(3,4)5;/h9,14H,6-8H2,1-5H3,(H,15,18);1H. The lowest BCUT2D eigenvalue weighted by atomic mass is 10.1. The number of nitrogens with one attached hydrogen (secondary N) is 2. The Morgan fingerprint density at radius 1 is 1.37 bits per heavy atom. The summed E-state index contributed by atoms with van der Waals surface area (Å²) in [6.07, 6.45) is 1.64. The molecule has 0 aromatic carbocycles. The number of likely N-dealkylation sites (N-methyl/N-ethyl adjacent to an activating group) is 1. The van der Waals surface area contributed by atoms with Crippen LogP contribution in [0, 0.1) is 6.92 Å². The van der Waals surface area contributed by atoms with E-state index >= 15 is 0 Å². The molecule has 0 bridgehead atoms. The fourth-order valence-electron chi connectivity index (χ4n) is 1.85. The van der Waals surface area contributed by atoms with E-state index in [0.717, 1.165) is 18.8 Å². The molecule has 0 aliphatic rings. The van der Waals surface area contributed by atoms with Crippen LogP contribution in [0.25, 0.3) is 0 Å². The van der Waals surface area contributed by atoms with E-state index in [4.69, 9.17) is 0 Å². The summed E-state index contributed by atoms with van der Waals surface area (Å²) in [5.41, 5.74) is 1.46. The average molecular weight is 289 g/mol. The van der Waals surface area contributed by atoms with Crippen molar-refractivity contribution in [3.05, 3.63) is 17.5 Å². The first-order valence-electron chi connectivity index (χ1n) is 6.42. The van der Waals surface area contributed by atoms with Gasteiger partial charge in [0.05, 0.1) is 17.3 Å². The molecule has 0 aliphatic heterocycles. The lowest BCUT2D eigenvalue weighted by Gasteiger charge is -2.21. The summed E-state index contributed by atoms with van der Waals surface area (Å²) < 4.78 is 1.88. The number of carbonyl (C=O) groups excluding carboxylic acids is 1. The van der Waals surface area contributed by atoms with Gasteiger partial charge in [0, 0.05) is 18.8 Å². The second-order valence-corrected chi connectivity index (χ2v) is 5.34. The predicted octanol–water partition coefficient (Wildman–Crippen LogP) is 1.71. The molecule has 0 fully saturated rings. The minimum absolute atomic E-state index is 0. The number of amides is 1. The van der Waals surface area contributed by atoms with Crippen LogP contribution in [0.5, 0.6) is 0 Å². The van der Waals surface area contributed by atoms with Crippen LogP contribution in [0.3, 0.4) is 0 Å². The van der Waals surface area contributed by atoms with Gasteiger partial charge in [-0.05, 0) is 34.2 Å². The molecule has 0 saturated carbocycles. The number of hydrogen-bond acceptors (Lipinski definition) is 3. The molecule has 1 heterocycles. The summed E-state index contributed by atoms with van der Waals surface area (Å²) in [5, 5.41) is 10.3. The van der Waals surface area contributed by atoms with Crippen LogP contribution in [0.2, 0.25) is 0 Å². The van der Waals surface area contributed by atoms with Crippen LogP contribution in [0.15, 0.2) is 6.20 Å². The van der Waals surface area contributed by atoms with Crippen molar-refractivity contribution in [1.29, 1.82) is 0 Å². The lowest BCUT2D eigenvalue weighted by molar-refractivity contribution is 0.0953. The predicted molar refractivity (Wildman–Crippen MR) is 80.1 cm³/mol. The zero-order valence-corrected chi connectivity index (χ0v) is 13.2. The maximum absolute atomic E-state index is 12.0. The molecule has 110 valence electrons. The first-order chi connectivity index (χ1) is 8.38. The normalized spacial score (nSPS) is 11.0. The van der Waals surface area contributed by atoms with E-state index < -0.39 is 0 Å². The van der Waals surface area contributed by atoms with Gasteiger partial charge < -0.3 is 10.6 Å². The summed E-state index contributed by atoms with van der Waals surface area (Å²) in [6, 6.07) is 0. The third-order valence-electron chi connectivity index (χ3n) is 2.73. The van der Waals surface area contributed by atoms with Gasteiger partial charge in [0.15, 0.2) is 0 Å². The van der Waals surface area contributed by atoms with Crippen molar-refractivity contribution in [3.63, 3.8) is 0 Å². The first-order valence-corrected chi connectivity index (χ1v) is 6.42. The molecule has 1 amide bonds. The van der Waals surface area contributed by atoms with E-state index in [9.17, 15) is 4.79 Å². The van der Waals surface area contributed by atoms with E-state index in [1.54, 1.807) is 6.20 Å². The van der Waals surface area contributed by atoms with Crippen LogP contribution in [0.1, 0.15) is 43.7 Å². The van der Waals surface area contributed by atoms with Crippen molar-refractivity contribution in [2.75, 3.05) is 19.6 Å². The molecular weight excluding hydrogens is 264 g/mol. The number of carbonyl (C=O) groups is 1. The smallest absolute Gasteiger partial charge is 0.254 e. The van der Waals surface area contributed by atoms with Crippen LogP contribution in [-0.4, -0.2) is 35.3 Å². The number of halogens is 1. The Morgan fingerprint density at radius 2 is 2.00 bits per heavy atom. The lowest BCUT2D eigenvalue weighted by Crippen LogP contribution is -2.32. The highest BCUT2D eigenvalue weighted by molar-refractivity contribution is 5.95. The van der Waals surface area contributed by atoms with Crippen molar-refractivity contribution >= 4 is 18.3 Å². The molecule has 1 aromatic heterocycles. The first kappa shape index (κ1) is 17.9. The quantitative estimate of drug-likeness (QED) is 0.811. The van der Waals surface area contributed by atoms with E-state index in [2.05, 4.69) is 36.5 Å². The van der Waals surface area contributed by atoms with Crippen LogP contribution < -0.4 is 10.6 Å². The highest BCUT2D eigenvalue weighted by Crippen LogP contribution is 2.17. The molecule has 0 atom stereocenters. The van der Waals surface area contributed by atoms with Gasteiger partial charge in [-0.3, -0.25) is 9.48 Å². The second-order valence-electron chi connectivity index (χ2n) is 5.34. The van der Waals surface area contributed by atoms with E-state index in [1.165, 1.54) is 0 Å². The highest BCUT2D eigenvalue weighted by Gasteiger charge is 2.21. The van der Waals surface area contributed by atoms with Crippen LogP contribution >= 0.6 is 12.4 Å². The van der Waals surface area contributed by atoms with Crippen LogP contribution in [0.4, 0.5) is 0 Å². The van der Waals surface area contributed by atoms with Crippen molar-refractivity contribution < 1.29 is 4.79 Å². The molecule has 1 aromatic rings. The number of aromatic nitrogens is 2. The van der Waals surface area contributed by atoms with Gasteiger partial charge in [-0.15, -0.1) is 12.4 Å². The van der Waals surface area contributed by atoms with Crippen molar-refractivity contribution in [1.82, 2.24) is 20.4 Å². The molecule has 5 nitrogen and oxygen atoms in total. The topological polar surface area (TPSA) is 58.9 Å². The maximum atomic E-state index is 12.0. The molecule has 0 radical (unpaired) electrons. The van der Waals surface area contributed by atoms with Gasteiger partial charge in [0.2, 0.25) is 0 Å². The fraction of sp³-hybridized carbons (Fsp3) is 0.692. The van der Waals surface area contributed by atoms with Gasteiger partial charge >= 0.3 is 0 Å². The highest BCUT2D eigenvalue weighted by atomic mass is 35.5. The Morgan fingerprint density at radius 3 is 2.47 bits per heavy atom. The monoisotopic (exact) mass is 288 g/mol. The Kier molecular flexibility index (Phi) is 7.08. The largest absolute Gasteiger partial charge is 0.351 e.